The average Bonchev–Trinajstić information content (AvgIpc) is 2.34. The van der Waals surface area contributed by atoms with Gasteiger partial charge in [0.1, 0.15) is 5.56 Å². The summed E-state index contributed by atoms with van der Waals surface area (Å²) in [4.78, 5) is 23.6. The molecule has 0 fully saturated rings. The van der Waals surface area contributed by atoms with E-state index in [-0.39, 0.29) is 16.3 Å². The standard InChI is InChI=1S/C12H12ClF3N2O3/c1-18(6-5-12(14,15)16)11(21)17-8-4-2-3-7(13)9(8)10(19)20/h2-4H,5-6H2,1H3,(H,17,21)(H,19,20). The third kappa shape index (κ3) is 5.14. The topological polar surface area (TPSA) is 69.6 Å². The molecule has 0 heterocycles. The molecule has 0 bridgehead atoms. The second-order valence-corrected chi connectivity index (χ2v) is 4.59. The Morgan fingerprint density at radius 2 is 2.00 bits per heavy atom. The molecule has 21 heavy (non-hydrogen) atoms. The van der Waals surface area contributed by atoms with Gasteiger partial charge in [0.05, 0.1) is 17.1 Å². The van der Waals surface area contributed by atoms with Crippen molar-refractivity contribution < 1.29 is 27.9 Å². The van der Waals surface area contributed by atoms with E-state index in [0.29, 0.717) is 0 Å². The number of urea groups is 1. The highest BCUT2D eigenvalue weighted by atomic mass is 35.5. The Hall–Kier alpha value is -1.96. The maximum absolute atomic E-state index is 12.1. The molecule has 0 aromatic heterocycles. The fraction of sp³-hybridized carbons (Fsp3) is 0.333. The quantitative estimate of drug-likeness (QED) is 0.891. The fourth-order valence-corrected chi connectivity index (χ4v) is 1.71. The molecule has 0 saturated heterocycles. The van der Waals surface area contributed by atoms with E-state index in [1.54, 1.807) is 0 Å². The number of nitrogens with zero attached hydrogens (tertiary/aromatic N) is 1. The van der Waals surface area contributed by atoms with Crippen LogP contribution in [0.5, 0.6) is 0 Å². The van der Waals surface area contributed by atoms with E-state index >= 15 is 0 Å². The van der Waals surface area contributed by atoms with Gasteiger partial charge in [0, 0.05) is 13.6 Å². The third-order valence-electron chi connectivity index (χ3n) is 2.55. The molecule has 0 unspecified atom stereocenters. The van der Waals surface area contributed by atoms with Crippen molar-refractivity contribution in [1.82, 2.24) is 4.90 Å². The number of halogens is 4. The van der Waals surface area contributed by atoms with Crippen molar-refractivity contribution in [2.75, 3.05) is 18.9 Å². The molecular weight excluding hydrogens is 313 g/mol. The number of hydrogen-bond donors (Lipinski definition) is 2. The zero-order valence-electron chi connectivity index (χ0n) is 10.9. The molecule has 5 nitrogen and oxygen atoms in total. The summed E-state index contributed by atoms with van der Waals surface area (Å²) in [7, 11) is 1.17. The Balaban J connectivity index is 2.80. The number of carbonyl (C=O) groups is 2. The maximum atomic E-state index is 12.1. The molecule has 0 radical (unpaired) electrons. The maximum Gasteiger partial charge on any atom is 0.390 e. The second-order valence-electron chi connectivity index (χ2n) is 4.18. The summed E-state index contributed by atoms with van der Waals surface area (Å²) in [5.74, 6) is -1.35. The van der Waals surface area contributed by atoms with E-state index in [0.717, 1.165) is 4.90 Å². The molecule has 1 aromatic rings. The number of alkyl halides is 3. The molecule has 0 saturated carbocycles. The van der Waals surface area contributed by atoms with Gasteiger partial charge in [-0.15, -0.1) is 0 Å². The van der Waals surface area contributed by atoms with Crippen LogP contribution in [0.3, 0.4) is 0 Å². The molecule has 0 spiro atoms. The van der Waals surface area contributed by atoms with E-state index in [9.17, 15) is 22.8 Å². The molecule has 2 amide bonds. The fourth-order valence-electron chi connectivity index (χ4n) is 1.45. The number of nitrogens with one attached hydrogen (secondary N) is 1. The number of anilines is 1. The van der Waals surface area contributed by atoms with Crippen LogP contribution in [0.4, 0.5) is 23.7 Å². The number of hydrogen-bond acceptors (Lipinski definition) is 2. The average molecular weight is 325 g/mol. The molecule has 1 rings (SSSR count). The lowest BCUT2D eigenvalue weighted by atomic mass is 10.2. The van der Waals surface area contributed by atoms with Gasteiger partial charge in [-0.1, -0.05) is 17.7 Å². The lowest BCUT2D eigenvalue weighted by molar-refractivity contribution is -0.135. The smallest absolute Gasteiger partial charge is 0.390 e. The summed E-state index contributed by atoms with van der Waals surface area (Å²) in [6.45, 7) is -0.543. The number of benzene rings is 1. The minimum atomic E-state index is -4.38. The molecule has 0 aliphatic rings. The lowest BCUT2D eigenvalue weighted by Crippen LogP contribution is -2.34. The van der Waals surface area contributed by atoms with Gasteiger partial charge in [0.2, 0.25) is 0 Å². The molecule has 0 aliphatic heterocycles. The number of amides is 2. The number of carbonyl (C=O) groups excluding carboxylic acids is 1. The molecule has 0 atom stereocenters. The van der Waals surface area contributed by atoms with Crippen molar-refractivity contribution in [3.63, 3.8) is 0 Å². The van der Waals surface area contributed by atoms with Crippen LogP contribution >= 0.6 is 11.6 Å². The minimum Gasteiger partial charge on any atom is -0.478 e. The van der Waals surface area contributed by atoms with Crippen LogP contribution in [0.25, 0.3) is 0 Å². The Labute approximate surface area is 123 Å². The molecule has 9 heteroatoms. The monoisotopic (exact) mass is 324 g/mol. The van der Waals surface area contributed by atoms with Gasteiger partial charge in [-0.2, -0.15) is 13.2 Å². The van der Waals surface area contributed by atoms with Crippen LogP contribution in [-0.4, -0.2) is 41.8 Å². The van der Waals surface area contributed by atoms with Gasteiger partial charge in [-0.05, 0) is 12.1 Å². The Bertz CT molecular complexity index is 549. The summed E-state index contributed by atoms with van der Waals surface area (Å²) in [5, 5.41) is 11.1. The van der Waals surface area contributed by atoms with E-state index in [4.69, 9.17) is 16.7 Å². The molecule has 1 aromatic carbocycles. The van der Waals surface area contributed by atoms with Crippen molar-refractivity contribution in [2.45, 2.75) is 12.6 Å². The van der Waals surface area contributed by atoms with Crippen LogP contribution in [0.15, 0.2) is 18.2 Å². The van der Waals surface area contributed by atoms with Crippen molar-refractivity contribution in [2.24, 2.45) is 0 Å². The Kier molecular flexibility index (Phi) is 5.42. The largest absolute Gasteiger partial charge is 0.478 e. The zero-order valence-corrected chi connectivity index (χ0v) is 11.6. The van der Waals surface area contributed by atoms with Gasteiger partial charge in [0.15, 0.2) is 0 Å². The zero-order chi connectivity index (χ0) is 16.2. The van der Waals surface area contributed by atoms with Crippen LogP contribution in [0, 0.1) is 0 Å². The number of carboxylic acid groups (broad SMARTS) is 1. The minimum absolute atomic E-state index is 0.0844. The number of aromatic carboxylic acids is 1. The normalized spacial score (nSPS) is 11.1. The lowest BCUT2D eigenvalue weighted by Gasteiger charge is -2.19. The SMILES string of the molecule is CN(CCC(F)(F)F)C(=O)Nc1cccc(Cl)c1C(=O)O. The van der Waals surface area contributed by atoms with Gasteiger partial charge < -0.3 is 15.3 Å². The van der Waals surface area contributed by atoms with E-state index in [1.165, 1.54) is 25.2 Å². The predicted molar refractivity (Wildman–Crippen MR) is 70.7 cm³/mol. The Morgan fingerprint density at radius 1 is 1.38 bits per heavy atom. The summed E-state index contributed by atoms with van der Waals surface area (Å²) >= 11 is 5.71. The summed E-state index contributed by atoms with van der Waals surface area (Å²) in [5.41, 5.74) is -0.407. The first kappa shape index (κ1) is 17.1. The second kappa shape index (κ2) is 6.66. The predicted octanol–water partition coefficient (Wildman–Crippen LogP) is 3.45. The van der Waals surface area contributed by atoms with Gasteiger partial charge in [0.25, 0.3) is 0 Å². The molecule has 2 N–H and O–H groups in total. The Morgan fingerprint density at radius 3 is 2.52 bits per heavy atom. The first-order valence-corrected chi connectivity index (χ1v) is 6.10. The highest BCUT2D eigenvalue weighted by Gasteiger charge is 2.28. The van der Waals surface area contributed by atoms with Crippen LogP contribution in [0.2, 0.25) is 5.02 Å². The van der Waals surface area contributed by atoms with Gasteiger partial charge in [-0.3, -0.25) is 0 Å². The molecule has 116 valence electrons. The van der Waals surface area contributed by atoms with Crippen molar-refractivity contribution in [3.8, 4) is 0 Å². The van der Waals surface area contributed by atoms with Crippen molar-refractivity contribution in [3.05, 3.63) is 28.8 Å². The highest BCUT2D eigenvalue weighted by Crippen LogP contribution is 2.25. The van der Waals surface area contributed by atoms with Crippen molar-refractivity contribution >= 4 is 29.3 Å². The van der Waals surface area contributed by atoms with Crippen LogP contribution in [0.1, 0.15) is 16.8 Å². The molecular formula is C12H12ClF3N2O3. The first-order valence-electron chi connectivity index (χ1n) is 5.72. The molecule has 0 aliphatic carbocycles. The van der Waals surface area contributed by atoms with E-state index < -0.39 is 31.1 Å². The van der Waals surface area contributed by atoms with Gasteiger partial charge in [-0.25, -0.2) is 9.59 Å². The van der Waals surface area contributed by atoms with E-state index in [1.807, 2.05) is 0 Å². The van der Waals surface area contributed by atoms with Gasteiger partial charge >= 0.3 is 18.2 Å². The van der Waals surface area contributed by atoms with Crippen LogP contribution in [-0.2, 0) is 0 Å². The third-order valence-corrected chi connectivity index (χ3v) is 2.86. The summed E-state index contributed by atoms with van der Waals surface area (Å²) in [6, 6.07) is 3.18. The first-order chi connectivity index (χ1) is 9.61. The summed E-state index contributed by atoms with van der Waals surface area (Å²) in [6.07, 6.45) is -5.53. The van der Waals surface area contributed by atoms with Crippen LogP contribution < -0.4 is 5.32 Å². The summed E-state index contributed by atoms with van der Waals surface area (Å²) < 4.78 is 36.2. The highest BCUT2D eigenvalue weighted by molar-refractivity contribution is 6.34. The number of rotatable bonds is 4. The number of carboxylic acids is 1. The van der Waals surface area contributed by atoms with Crippen molar-refractivity contribution in [1.29, 1.82) is 0 Å². The van der Waals surface area contributed by atoms with E-state index in [2.05, 4.69) is 5.32 Å².